The fraction of sp³-hybridized carbons (Fsp3) is 0.0714. The van der Waals surface area contributed by atoms with Gasteiger partial charge in [-0.25, -0.2) is 4.79 Å². The van der Waals surface area contributed by atoms with Gasteiger partial charge in [0.2, 0.25) is 5.78 Å². The molecule has 0 spiro atoms. The number of ketones is 1. The molecule has 2 rings (SSSR count). The van der Waals surface area contributed by atoms with Crippen LogP contribution in [0.1, 0.15) is 10.4 Å². The maximum absolute atomic E-state index is 12.0. The highest BCUT2D eigenvalue weighted by Crippen LogP contribution is 2.22. The van der Waals surface area contributed by atoms with Crippen LogP contribution in [0, 0.1) is 5.41 Å². The molecule has 0 aliphatic rings. The Morgan fingerprint density at radius 2 is 1.74 bits per heavy atom. The highest BCUT2D eigenvalue weighted by Gasteiger charge is 2.22. The van der Waals surface area contributed by atoms with E-state index in [1.54, 1.807) is 12.1 Å². The van der Waals surface area contributed by atoms with Gasteiger partial charge in [0.1, 0.15) is 0 Å². The molecule has 0 aliphatic heterocycles. The van der Waals surface area contributed by atoms with Crippen molar-refractivity contribution >= 4 is 33.9 Å². The van der Waals surface area contributed by atoms with E-state index in [-0.39, 0.29) is 11.3 Å². The van der Waals surface area contributed by atoms with Crippen molar-refractivity contribution in [2.75, 3.05) is 12.8 Å². The number of carbonyl (C=O) groups is 2. The van der Waals surface area contributed by atoms with Crippen molar-refractivity contribution in [2.24, 2.45) is 0 Å². The molecule has 2 aromatic rings. The van der Waals surface area contributed by atoms with Gasteiger partial charge in [-0.1, -0.05) is 24.3 Å². The summed E-state index contributed by atoms with van der Waals surface area (Å²) in [4.78, 5) is 23.2. The van der Waals surface area contributed by atoms with Gasteiger partial charge in [-0.2, -0.15) is 0 Å². The van der Waals surface area contributed by atoms with E-state index in [1.165, 1.54) is 0 Å². The van der Waals surface area contributed by atoms with Crippen LogP contribution < -0.4 is 5.73 Å². The number of ether oxygens (including phenoxy) is 1. The van der Waals surface area contributed by atoms with Crippen LogP contribution in [-0.4, -0.2) is 24.6 Å². The minimum Gasteiger partial charge on any atom is -0.464 e. The number of benzene rings is 2. The fourth-order valence-electron chi connectivity index (χ4n) is 1.78. The molecular formula is C14H12N2O3. The Hall–Kier alpha value is -2.69. The molecule has 3 N–H and O–H groups in total. The third-order valence-electron chi connectivity index (χ3n) is 2.78. The van der Waals surface area contributed by atoms with E-state index in [0.29, 0.717) is 0 Å². The minimum absolute atomic E-state index is 0.133. The van der Waals surface area contributed by atoms with Crippen molar-refractivity contribution < 1.29 is 14.3 Å². The van der Waals surface area contributed by atoms with Gasteiger partial charge in [-0.05, 0) is 22.9 Å². The number of anilines is 1. The van der Waals surface area contributed by atoms with E-state index < -0.39 is 17.5 Å². The van der Waals surface area contributed by atoms with E-state index in [0.717, 1.165) is 17.9 Å². The van der Waals surface area contributed by atoms with Gasteiger partial charge in [0.05, 0.1) is 7.11 Å². The second-order valence-corrected chi connectivity index (χ2v) is 3.98. The topological polar surface area (TPSA) is 93.2 Å². The van der Waals surface area contributed by atoms with Gasteiger partial charge >= 0.3 is 5.97 Å². The molecule has 2 aromatic carbocycles. The summed E-state index contributed by atoms with van der Waals surface area (Å²) in [5, 5.41) is 9.17. The molecule has 0 aliphatic carbocycles. The van der Waals surface area contributed by atoms with Gasteiger partial charge in [-0.3, -0.25) is 10.2 Å². The van der Waals surface area contributed by atoms with Crippen LogP contribution in [0.4, 0.5) is 5.69 Å². The zero-order valence-electron chi connectivity index (χ0n) is 10.3. The minimum atomic E-state index is -0.974. The number of hydrogen-bond acceptors (Lipinski definition) is 5. The molecule has 96 valence electrons. The molecule has 5 heteroatoms. The smallest absolute Gasteiger partial charge is 0.360 e. The highest BCUT2D eigenvalue weighted by molar-refractivity contribution is 6.67. The maximum atomic E-state index is 12.0. The average Bonchev–Trinajstić information content (AvgIpc) is 2.44. The van der Waals surface area contributed by atoms with Crippen LogP contribution >= 0.6 is 0 Å². The lowest BCUT2D eigenvalue weighted by atomic mass is 10.00. The SMILES string of the molecule is COC(=O)C(=N)C(=O)c1cc2ccccc2cc1N. The van der Waals surface area contributed by atoms with Crippen molar-refractivity contribution in [1.82, 2.24) is 0 Å². The van der Waals surface area contributed by atoms with E-state index in [2.05, 4.69) is 4.74 Å². The van der Waals surface area contributed by atoms with Crippen molar-refractivity contribution in [3.63, 3.8) is 0 Å². The molecule has 0 aromatic heterocycles. The molecule has 0 bridgehead atoms. The van der Waals surface area contributed by atoms with Gasteiger partial charge in [-0.15, -0.1) is 0 Å². The fourth-order valence-corrected chi connectivity index (χ4v) is 1.78. The Bertz CT molecular complexity index is 692. The zero-order chi connectivity index (χ0) is 14.0. The summed E-state index contributed by atoms with van der Waals surface area (Å²) in [6, 6.07) is 10.6. The predicted molar refractivity (Wildman–Crippen MR) is 72.4 cm³/mol. The van der Waals surface area contributed by atoms with Crippen LogP contribution in [0.2, 0.25) is 0 Å². The molecule has 0 heterocycles. The summed E-state index contributed by atoms with van der Waals surface area (Å²) in [5.74, 6) is -1.72. The molecule has 0 unspecified atom stereocenters. The maximum Gasteiger partial charge on any atom is 0.360 e. The molecule has 0 amide bonds. The van der Waals surface area contributed by atoms with Crippen LogP contribution in [0.3, 0.4) is 0 Å². The molecule has 0 fully saturated rings. The monoisotopic (exact) mass is 256 g/mol. The van der Waals surface area contributed by atoms with E-state index >= 15 is 0 Å². The number of esters is 1. The Morgan fingerprint density at radius 1 is 1.16 bits per heavy atom. The first-order chi connectivity index (χ1) is 9.04. The quantitative estimate of drug-likeness (QED) is 0.288. The average molecular weight is 256 g/mol. The van der Waals surface area contributed by atoms with Crippen molar-refractivity contribution in [3.8, 4) is 0 Å². The number of methoxy groups -OCH3 is 1. The molecule has 19 heavy (non-hydrogen) atoms. The number of rotatable bonds is 3. The third-order valence-corrected chi connectivity index (χ3v) is 2.78. The van der Waals surface area contributed by atoms with Crippen LogP contribution in [0.15, 0.2) is 36.4 Å². The normalized spacial score (nSPS) is 10.2. The lowest BCUT2D eigenvalue weighted by Gasteiger charge is -2.07. The second-order valence-electron chi connectivity index (χ2n) is 3.98. The van der Waals surface area contributed by atoms with Gasteiger partial charge in [0.15, 0.2) is 5.71 Å². The van der Waals surface area contributed by atoms with Crippen molar-refractivity contribution in [1.29, 1.82) is 5.41 Å². The summed E-state index contributed by atoms with van der Waals surface area (Å²) in [5.41, 5.74) is 5.43. The van der Waals surface area contributed by atoms with Crippen molar-refractivity contribution in [2.45, 2.75) is 0 Å². The molecule has 0 atom stereocenters. The number of nitrogens with one attached hydrogen (secondary N) is 1. The summed E-state index contributed by atoms with van der Waals surface area (Å²) in [6.07, 6.45) is 0. The molecule has 0 saturated heterocycles. The van der Waals surface area contributed by atoms with Gasteiger partial charge < -0.3 is 10.5 Å². The first-order valence-electron chi connectivity index (χ1n) is 5.54. The molecule has 0 saturated carbocycles. The second kappa shape index (κ2) is 4.89. The number of carbonyl (C=O) groups excluding carboxylic acids is 2. The van der Waals surface area contributed by atoms with E-state index in [1.807, 2.05) is 24.3 Å². The number of nitrogens with two attached hydrogens (primary N) is 1. The number of nitrogen functional groups attached to an aromatic ring is 1. The zero-order valence-corrected chi connectivity index (χ0v) is 10.3. The Kier molecular flexibility index (Phi) is 3.29. The van der Waals surface area contributed by atoms with E-state index in [4.69, 9.17) is 11.1 Å². The molecule has 5 nitrogen and oxygen atoms in total. The van der Waals surface area contributed by atoms with E-state index in [9.17, 15) is 9.59 Å². The van der Waals surface area contributed by atoms with Gasteiger partial charge in [0.25, 0.3) is 0 Å². The van der Waals surface area contributed by atoms with Crippen LogP contribution in [0.25, 0.3) is 10.8 Å². The van der Waals surface area contributed by atoms with Crippen molar-refractivity contribution in [3.05, 3.63) is 42.0 Å². The number of fused-ring (bicyclic) bond motifs is 1. The standard InChI is InChI=1S/C14H12N2O3/c1-19-14(18)12(16)13(17)10-6-8-4-2-3-5-9(8)7-11(10)15/h2-7,16H,15H2,1H3. The summed E-state index contributed by atoms with van der Waals surface area (Å²) in [7, 11) is 1.12. The molecular weight excluding hydrogens is 244 g/mol. The van der Waals surface area contributed by atoms with Gasteiger partial charge in [0, 0.05) is 11.3 Å². The first kappa shape index (κ1) is 12.8. The summed E-state index contributed by atoms with van der Waals surface area (Å²) >= 11 is 0. The largest absolute Gasteiger partial charge is 0.464 e. The van der Waals surface area contributed by atoms with Crippen LogP contribution in [-0.2, 0) is 9.53 Å². The Labute approximate surface area is 109 Å². The predicted octanol–water partition coefficient (Wildman–Crippen LogP) is 1.80. The first-order valence-corrected chi connectivity index (χ1v) is 5.54. The highest BCUT2D eigenvalue weighted by atomic mass is 16.5. The molecule has 0 radical (unpaired) electrons. The summed E-state index contributed by atoms with van der Waals surface area (Å²) < 4.78 is 4.36. The summed E-state index contributed by atoms with van der Waals surface area (Å²) in [6.45, 7) is 0. The van der Waals surface area contributed by atoms with Crippen LogP contribution in [0.5, 0.6) is 0 Å². The lowest BCUT2D eigenvalue weighted by molar-refractivity contribution is -0.132. The lowest BCUT2D eigenvalue weighted by Crippen LogP contribution is -2.25. The third kappa shape index (κ3) is 2.30. The number of Topliss-reactive ketones (excluding diaryl/α,β-unsaturated/α-hetero) is 1. The Morgan fingerprint density at radius 3 is 2.32 bits per heavy atom. The Balaban J connectivity index is 2.50. The number of hydrogen-bond donors (Lipinski definition) is 2.